The maximum atomic E-state index is 13.9. The number of carbonyl (C=O) groups is 2. The third kappa shape index (κ3) is 5.50. The third-order valence-corrected chi connectivity index (χ3v) is 8.28. The molecule has 0 aliphatic carbocycles. The average Bonchev–Trinajstić information content (AvgIpc) is 2.97. The minimum atomic E-state index is -4.03. The average molecular weight is 537 g/mol. The molecule has 8 nitrogen and oxygen atoms in total. The van der Waals surface area contributed by atoms with Crippen molar-refractivity contribution in [3.63, 3.8) is 0 Å². The number of hydrogen-bond donors (Lipinski definition) is 1. The number of rotatable bonds is 9. The van der Waals surface area contributed by atoms with E-state index >= 15 is 0 Å². The van der Waals surface area contributed by atoms with E-state index in [4.69, 9.17) is 9.47 Å². The number of ether oxygens (including phenoxy) is 2. The monoisotopic (exact) mass is 536 g/mol. The lowest BCUT2D eigenvalue weighted by atomic mass is 10.0. The van der Waals surface area contributed by atoms with Crippen LogP contribution in [0.15, 0.2) is 70.5 Å². The fourth-order valence-corrected chi connectivity index (χ4v) is 6.09. The molecule has 4 rings (SSSR count). The first-order valence-corrected chi connectivity index (χ1v) is 14.0. The maximum Gasteiger partial charge on any atom is 0.259 e. The van der Waals surface area contributed by atoms with Gasteiger partial charge in [-0.15, -0.1) is 0 Å². The van der Waals surface area contributed by atoms with Crippen molar-refractivity contribution in [1.82, 2.24) is 5.32 Å². The highest BCUT2D eigenvalue weighted by molar-refractivity contribution is 7.91. The topological polar surface area (TPSA) is 102 Å². The van der Waals surface area contributed by atoms with Crippen LogP contribution in [0.4, 0.5) is 5.69 Å². The van der Waals surface area contributed by atoms with E-state index in [2.05, 4.69) is 5.32 Å². The largest absolute Gasteiger partial charge is 0.351 e. The van der Waals surface area contributed by atoms with Gasteiger partial charge >= 0.3 is 0 Å². The smallest absolute Gasteiger partial charge is 0.259 e. The Morgan fingerprint density at radius 3 is 2.37 bits per heavy atom. The molecular formula is C29H32N2O6S. The van der Waals surface area contributed by atoms with Gasteiger partial charge in [0.1, 0.15) is 0 Å². The van der Waals surface area contributed by atoms with Crippen LogP contribution in [0, 0.1) is 13.8 Å². The van der Waals surface area contributed by atoms with Gasteiger partial charge in [0.05, 0.1) is 34.1 Å². The van der Waals surface area contributed by atoms with Crippen molar-refractivity contribution < 1.29 is 27.5 Å². The van der Waals surface area contributed by atoms with Crippen LogP contribution in [-0.4, -0.2) is 46.3 Å². The predicted molar refractivity (Wildman–Crippen MR) is 144 cm³/mol. The van der Waals surface area contributed by atoms with Crippen molar-refractivity contribution in [3.8, 4) is 0 Å². The van der Waals surface area contributed by atoms with Crippen LogP contribution >= 0.6 is 0 Å². The number of amides is 2. The van der Waals surface area contributed by atoms with Crippen molar-refractivity contribution in [1.29, 1.82) is 0 Å². The number of sulfone groups is 1. The summed E-state index contributed by atoms with van der Waals surface area (Å²) in [7, 11) is -4.03. The summed E-state index contributed by atoms with van der Waals surface area (Å²) in [4.78, 5) is 28.3. The van der Waals surface area contributed by atoms with E-state index in [1.54, 1.807) is 12.1 Å². The van der Waals surface area contributed by atoms with Gasteiger partial charge in [0, 0.05) is 18.8 Å². The van der Waals surface area contributed by atoms with Gasteiger partial charge in [0.25, 0.3) is 11.8 Å². The van der Waals surface area contributed by atoms with Crippen LogP contribution in [0.3, 0.4) is 0 Å². The van der Waals surface area contributed by atoms with Gasteiger partial charge in [0.15, 0.2) is 6.29 Å². The molecule has 1 heterocycles. The normalized spacial score (nSPS) is 14.1. The lowest BCUT2D eigenvalue weighted by Crippen LogP contribution is -2.35. The van der Waals surface area contributed by atoms with Crippen LogP contribution in [-0.2, 0) is 25.9 Å². The number of nitrogens with zero attached hydrogens (tertiary/aromatic N) is 1. The zero-order chi connectivity index (χ0) is 27.4. The first-order chi connectivity index (χ1) is 18.2. The van der Waals surface area contributed by atoms with Crippen molar-refractivity contribution in [2.24, 2.45) is 0 Å². The molecular weight excluding hydrogens is 504 g/mol. The molecule has 1 N–H and O–H groups in total. The van der Waals surface area contributed by atoms with Crippen LogP contribution in [0.1, 0.15) is 51.3 Å². The molecule has 0 saturated heterocycles. The molecule has 200 valence electrons. The number of carbonyl (C=O) groups excluding carboxylic acids is 2. The summed E-state index contributed by atoms with van der Waals surface area (Å²) >= 11 is 0. The standard InChI is InChI=1S/C29H32N2O6S/c1-5-36-27(37-6-2)17-30-28(32)21-13-14-26-24(16-21)31(18-22-15-19(3)11-12-20(22)4)29(33)23-9-7-8-10-25(23)38(26,34)35/h7-16,27H,5-6,17-18H2,1-4H3,(H,30,32). The predicted octanol–water partition coefficient (Wildman–Crippen LogP) is 4.43. The second-order valence-corrected chi connectivity index (χ2v) is 10.9. The molecule has 1 aliphatic heterocycles. The molecule has 0 saturated carbocycles. The first kappa shape index (κ1) is 27.5. The van der Waals surface area contributed by atoms with Gasteiger partial charge in [0.2, 0.25) is 9.84 Å². The zero-order valence-electron chi connectivity index (χ0n) is 22.0. The summed E-state index contributed by atoms with van der Waals surface area (Å²) in [6.07, 6.45) is -0.605. The van der Waals surface area contributed by atoms with Crippen molar-refractivity contribution in [2.75, 3.05) is 24.7 Å². The lowest BCUT2D eigenvalue weighted by molar-refractivity contribution is -0.131. The summed E-state index contributed by atoms with van der Waals surface area (Å²) in [6, 6.07) is 16.4. The van der Waals surface area contributed by atoms with E-state index in [0.717, 1.165) is 16.7 Å². The number of fused-ring (bicyclic) bond motifs is 2. The van der Waals surface area contributed by atoms with E-state index in [9.17, 15) is 18.0 Å². The van der Waals surface area contributed by atoms with Gasteiger partial charge in [-0.3, -0.25) is 9.59 Å². The Morgan fingerprint density at radius 1 is 0.947 bits per heavy atom. The Morgan fingerprint density at radius 2 is 1.66 bits per heavy atom. The minimum Gasteiger partial charge on any atom is -0.351 e. The molecule has 0 bridgehead atoms. The highest BCUT2D eigenvalue weighted by Gasteiger charge is 2.36. The van der Waals surface area contributed by atoms with Crippen LogP contribution in [0.25, 0.3) is 0 Å². The molecule has 0 unspecified atom stereocenters. The molecule has 2 amide bonds. The molecule has 0 fully saturated rings. The summed E-state index contributed by atoms with van der Waals surface area (Å²) in [5.41, 5.74) is 3.34. The van der Waals surface area contributed by atoms with Gasteiger partial charge in [-0.1, -0.05) is 35.9 Å². The van der Waals surface area contributed by atoms with Gasteiger partial charge in [-0.25, -0.2) is 8.42 Å². The second kappa shape index (κ2) is 11.5. The molecule has 38 heavy (non-hydrogen) atoms. The van der Waals surface area contributed by atoms with Crippen LogP contribution in [0.2, 0.25) is 0 Å². The fourth-order valence-electron chi connectivity index (χ4n) is 4.46. The molecule has 0 atom stereocenters. The maximum absolute atomic E-state index is 13.9. The Labute approximate surface area is 223 Å². The lowest BCUT2D eigenvalue weighted by Gasteiger charge is -2.24. The number of aryl methyl sites for hydroxylation is 2. The molecule has 1 aliphatic rings. The fraction of sp³-hybridized carbons (Fsp3) is 0.310. The van der Waals surface area contributed by atoms with Crippen LogP contribution < -0.4 is 10.2 Å². The summed E-state index contributed by atoms with van der Waals surface area (Å²) in [5.74, 6) is -0.885. The zero-order valence-corrected chi connectivity index (χ0v) is 22.8. The van der Waals surface area contributed by atoms with E-state index in [-0.39, 0.29) is 39.7 Å². The molecule has 0 aromatic heterocycles. The first-order valence-electron chi connectivity index (χ1n) is 12.5. The molecule has 0 spiro atoms. The minimum absolute atomic E-state index is 0.0286. The highest BCUT2D eigenvalue weighted by Crippen LogP contribution is 2.38. The summed E-state index contributed by atoms with van der Waals surface area (Å²) in [6.45, 7) is 8.68. The Hall–Kier alpha value is -3.53. The Balaban J connectivity index is 1.79. The molecule has 3 aromatic rings. The molecule has 9 heteroatoms. The van der Waals surface area contributed by atoms with E-state index in [1.165, 1.54) is 35.2 Å². The van der Waals surface area contributed by atoms with Gasteiger partial charge < -0.3 is 19.7 Å². The van der Waals surface area contributed by atoms with Gasteiger partial charge in [-0.2, -0.15) is 0 Å². The molecule has 0 radical (unpaired) electrons. The van der Waals surface area contributed by atoms with E-state index in [0.29, 0.717) is 13.2 Å². The Bertz CT molecular complexity index is 1460. The van der Waals surface area contributed by atoms with E-state index < -0.39 is 27.9 Å². The Kier molecular flexibility index (Phi) is 8.30. The van der Waals surface area contributed by atoms with E-state index in [1.807, 2.05) is 45.9 Å². The molecule has 3 aromatic carbocycles. The van der Waals surface area contributed by atoms with Crippen LogP contribution in [0.5, 0.6) is 0 Å². The van der Waals surface area contributed by atoms with Gasteiger partial charge in [-0.05, 0) is 69.2 Å². The second-order valence-electron chi connectivity index (χ2n) is 9.05. The number of anilines is 1. The third-order valence-electron chi connectivity index (χ3n) is 6.42. The number of benzene rings is 3. The van der Waals surface area contributed by atoms with Crippen molar-refractivity contribution in [2.45, 2.75) is 50.3 Å². The number of hydrogen-bond acceptors (Lipinski definition) is 6. The summed E-state index contributed by atoms with van der Waals surface area (Å²) in [5, 5.41) is 2.78. The number of nitrogens with one attached hydrogen (secondary N) is 1. The SMILES string of the molecule is CCOC(CNC(=O)c1ccc2c(c1)N(Cc1cc(C)ccc1C)C(=O)c1ccccc1S2(=O)=O)OCC. The quantitative estimate of drug-likeness (QED) is 0.406. The highest BCUT2D eigenvalue weighted by atomic mass is 32.2. The summed E-state index contributed by atoms with van der Waals surface area (Å²) < 4.78 is 38.4. The van der Waals surface area contributed by atoms with Crippen molar-refractivity contribution >= 4 is 27.3 Å². The van der Waals surface area contributed by atoms with Crippen molar-refractivity contribution in [3.05, 3.63) is 88.5 Å².